The molecule has 0 fully saturated rings. The molecule has 0 aromatic heterocycles. The SMILES string of the molecule is CCCC(=O)NC(CO)CC(C)(C)C. The van der Waals surface area contributed by atoms with E-state index in [2.05, 4.69) is 26.1 Å². The molecular formula is C11H23NO2. The Bertz CT molecular complexity index is 173. The average Bonchev–Trinajstić information content (AvgIpc) is 2.01. The molecule has 2 N–H and O–H groups in total. The van der Waals surface area contributed by atoms with Crippen LogP contribution in [0.5, 0.6) is 0 Å². The van der Waals surface area contributed by atoms with E-state index >= 15 is 0 Å². The first kappa shape index (κ1) is 13.4. The summed E-state index contributed by atoms with van der Waals surface area (Å²) in [5.41, 5.74) is 0.132. The van der Waals surface area contributed by atoms with Gasteiger partial charge in [0.1, 0.15) is 0 Å². The van der Waals surface area contributed by atoms with Crippen molar-refractivity contribution < 1.29 is 9.90 Å². The van der Waals surface area contributed by atoms with E-state index in [0.717, 1.165) is 12.8 Å². The lowest BCUT2D eigenvalue weighted by Gasteiger charge is -2.25. The third kappa shape index (κ3) is 6.89. The maximum absolute atomic E-state index is 11.3. The molecule has 1 atom stereocenters. The standard InChI is InChI=1S/C11H23NO2/c1-5-6-10(14)12-9(8-13)7-11(2,3)4/h9,13H,5-8H2,1-4H3,(H,12,14). The second kappa shape index (κ2) is 6.02. The van der Waals surface area contributed by atoms with Crippen LogP contribution >= 0.6 is 0 Å². The van der Waals surface area contributed by atoms with E-state index in [1.165, 1.54) is 0 Å². The molecule has 0 saturated heterocycles. The summed E-state index contributed by atoms with van der Waals surface area (Å²) >= 11 is 0. The molecule has 0 heterocycles. The van der Waals surface area contributed by atoms with Gasteiger partial charge >= 0.3 is 0 Å². The van der Waals surface area contributed by atoms with Gasteiger partial charge in [-0.1, -0.05) is 27.7 Å². The van der Waals surface area contributed by atoms with Crippen molar-refractivity contribution >= 4 is 5.91 Å². The molecule has 0 aliphatic carbocycles. The lowest BCUT2D eigenvalue weighted by atomic mass is 9.88. The molecule has 0 saturated carbocycles. The number of aliphatic hydroxyl groups is 1. The number of amides is 1. The van der Waals surface area contributed by atoms with Gasteiger partial charge in [-0.15, -0.1) is 0 Å². The normalized spacial score (nSPS) is 13.8. The van der Waals surface area contributed by atoms with E-state index in [0.29, 0.717) is 6.42 Å². The van der Waals surface area contributed by atoms with Crippen LogP contribution in [0.3, 0.4) is 0 Å². The van der Waals surface area contributed by atoms with Gasteiger partial charge in [-0.25, -0.2) is 0 Å². The Morgan fingerprint density at radius 2 is 2.00 bits per heavy atom. The van der Waals surface area contributed by atoms with Gasteiger partial charge in [0.05, 0.1) is 12.6 Å². The number of aliphatic hydroxyl groups excluding tert-OH is 1. The topological polar surface area (TPSA) is 49.3 Å². The molecule has 0 aromatic rings. The minimum atomic E-state index is -0.103. The van der Waals surface area contributed by atoms with Crippen LogP contribution in [0, 0.1) is 5.41 Å². The molecule has 0 aliphatic rings. The Morgan fingerprint density at radius 1 is 1.43 bits per heavy atom. The molecule has 3 nitrogen and oxygen atoms in total. The highest BCUT2D eigenvalue weighted by atomic mass is 16.3. The third-order valence-corrected chi connectivity index (χ3v) is 1.92. The van der Waals surface area contributed by atoms with Gasteiger partial charge in [-0.3, -0.25) is 4.79 Å². The Labute approximate surface area is 86.9 Å². The van der Waals surface area contributed by atoms with Crippen LogP contribution in [0.1, 0.15) is 47.0 Å². The number of hydrogen-bond acceptors (Lipinski definition) is 2. The number of carbonyl (C=O) groups excluding carboxylic acids is 1. The van der Waals surface area contributed by atoms with Gasteiger partial charge in [0.25, 0.3) is 0 Å². The van der Waals surface area contributed by atoms with Crippen molar-refractivity contribution in [3.05, 3.63) is 0 Å². The van der Waals surface area contributed by atoms with Gasteiger partial charge in [0.2, 0.25) is 5.91 Å². The molecular weight excluding hydrogens is 178 g/mol. The highest BCUT2D eigenvalue weighted by Gasteiger charge is 2.19. The van der Waals surface area contributed by atoms with Crippen molar-refractivity contribution in [3.8, 4) is 0 Å². The minimum Gasteiger partial charge on any atom is -0.394 e. The van der Waals surface area contributed by atoms with E-state index in [1.54, 1.807) is 0 Å². The zero-order valence-corrected chi connectivity index (χ0v) is 9.76. The smallest absolute Gasteiger partial charge is 0.220 e. The summed E-state index contributed by atoms with van der Waals surface area (Å²) in [5, 5.41) is 11.9. The summed E-state index contributed by atoms with van der Waals surface area (Å²) in [4.78, 5) is 11.3. The Kier molecular flexibility index (Phi) is 5.77. The van der Waals surface area contributed by atoms with Gasteiger partial charge in [0.15, 0.2) is 0 Å². The molecule has 0 radical (unpaired) electrons. The Balaban J connectivity index is 3.97. The van der Waals surface area contributed by atoms with E-state index in [-0.39, 0.29) is 24.0 Å². The summed E-state index contributed by atoms with van der Waals surface area (Å²) < 4.78 is 0. The highest BCUT2D eigenvalue weighted by Crippen LogP contribution is 2.20. The summed E-state index contributed by atoms with van der Waals surface area (Å²) in [5.74, 6) is 0.0378. The van der Waals surface area contributed by atoms with Crippen LogP contribution in [0.15, 0.2) is 0 Å². The summed E-state index contributed by atoms with van der Waals surface area (Å²) in [7, 11) is 0. The molecule has 0 aliphatic heterocycles. The largest absolute Gasteiger partial charge is 0.394 e. The highest BCUT2D eigenvalue weighted by molar-refractivity contribution is 5.76. The van der Waals surface area contributed by atoms with E-state index < -0.39 is 0 Å². The van der Waals surface area contributed by atoms with Crippen LogP contribution < -0.4 is 5.32 Å². The van der Waals surface area contributed by atoms with Crippen LogP contribution in [0.4, 0.5) is 0 Å². The van der Waals surface area contributed by atoms with Crippen LogP contribution in [-0.2, 0) is 4.79 Å². The first-order chi connectivity index (χ1) is 6.39. The molecule has 1 amide bonds. The fourth-order valence-electron chi connectivity index (χ4n) is 1.43. The predicted molar refractivity (Wildman–Crippen MR) is 58.0 cm³/mol. The van der Waals surface area contributed by atoms with Crippen LogP contribution in [-0.4, -0.2) is 23.7 Å². The zero-order chi connectivity index (χ0) is 11.2. The molecule has 0 rings (SSSR count). The van der Waals surface area contributed by atoms with Gasteiger partial charge in [-0.2, -0.15) is 0 Å². The van der Waals surface area contributed by atoms with Crippen LogP contribution in [0.25, 0.3) is 0 Å². The average molecular weight is 201 g/mol. The molecule has 3 heteroatoms. The Hall–Kier alpha value is -0.570. The monoisotopic (exact) mass is 201 g/mol. The number of rotatable bonds is 5. The number of carbonyl (C=O) groups is 1. The van der Waals surface area contributed by atoms with Gasteiger partial charge in [-0.05, 0) is 18.3 Å². The predicted octanol–water partition coefficient (Wildman–Crippen LogP) is 1.70. The van der Waals surface area contributed by atoms with E-state index in [1.807, 2.05) is 6.92 Å². The minimum absolute atomic E-state index is 0.0206. The summed E-state index contributed by atoms with van der Waals surface area (Å²) in [6.07, 6.45) is 2.19. The first-order valence-corrected chi connectivity index (χ1v) is 5.29. The first-order valence-electron chi connectivity index (χ1n) is 5.29. The van der Waals surface area contributed by atoms with Crippen molar-refractivity contribution in [1.82, 2.24) is 5.32 Å². The van der Waals surface area contributed by atoms with Crippen molar-refractivity contribution in [1.29, 1.82) is 0 Å². The maximum atomic E-state index is 11.3. The van der Waals surface area contributed by atoms with Gasteiger partial charge in [0, 0.05) is 6.42 Å². The molecule has 84 valence electrons. The lowest BCUT2D eigenvalue weighted by Crippen LogP contribution is -2.39. The summed E-state index contributed by atoms with van der Waals surface area (Å²) in [6.45, 7) is 8.29. The van der Waals surface area contributed by atoms with Crippen molar-refractivity contribution in [2.45, 2.75) is 53.0 Å². The molecule has 0 bridgehead atoms. The maximum Gasteiger partial charge on any atom is 0.220 e. The fraction of sp³-hybridized carbons (Fsp3) is 0.909. The number of hydrogen-bond donors (Lipinski definition) is 2. The fourth-order valence-corrected chi connectivity index (χ4v) is 1.43. The van der Waals surface area contributed by atoms with Crippen LogP contribution in [0.2, 0.25) is 0 Å². The number of nitrogens with one attached hydrogen (secondary N) is 1. The lowest BCUT2D eigenvalue weighted by molar-refractivity contribution is -0.122. The van der Waals surface area contributed by atoms with Crippen molar-refractivity contribution in [2.75, 3.05) is 6.61 Å². The quantitative estimate of drug-likeness (QED) is 0.711. The van der Waals surface area contributed by atoms with E-state index in [9.17, 15) is 4.79 Å². The van der Waals surface area contributed by atoms with E-state index in [4.69, 9.17) is 5.11 Å². The molecule has 14 heavy (non-hydrogen) atoms. The zero-order valence-electron chi connectivity index (χ0n) is 9.76. The van der Waals surface area contributed by atoms with Crippen molar-refractivity contribution in [3.63, 3.8) is 0 Å². The Morgan fingerprint density at radius 3 is 2.36 bits per heavy atom. The molecule has 1 unspecified atom stereocenters. The third-order valence-electron chi connectivity index (χ3n) is 1.92. The van der Waals surface area contributed by atoms with Crippen molar-refractivity contribution in [2.24, 2.45) is 5.41 Å². The molecule has 0 aromatic carbocycles. The second-order valence-electron chi connectivity index (χ2n) is 4.96. The summed E-state index contributed by atoms with van der Waals surface area (Å²) in [6, 6.07) is -0.103. The molecule has 0 spiro atoms. The van der Waals surface area contributed by atoms with Gasteiger partial charge < -0.3 is 10.4 Å². The second-order valence-corrected chi connectivity index (χ2v) is 4.96.